The van der Waals surface area contributed by atoms with Crippen LogP contribution in [0.2, 0.25) is 0 Å². The van der Waals surface area contributed by atoms with Crippen molar-refractivity contribution in [3.8, 4) is 6.07 Å². The minimum atomic E-state index is -0.401. The molecule has 1 aliphatic heterocycles. The summed E-state index contributed by atoms with van der Waals surface area (Å²) in [5.74, 6) is -0.401. The summed E-state index contributed by atoms with van der Waals surface area (Å²) >= 11 is 0. The average Bonchev–Trinajstić information content (AvgIpc) is 2.61. The Balaban J connectivity index is 1.73. The number of anilines is 1. The highest BCUT2D eigenvalue weighted by Gasteiger charge is 2.10. The fourth-order valence-electron chi connectivity index (χ4n) is 2.39. The highest BCUT2D eigenvalue weighted by Crippen LogP contribution is 2.09. The Kier molecular flexibility index (Phi) is 7.27. The van der Waals surface area contributed by atoms with Gasteiger partial charge in [0.25, 0.3) is 5.91 Å². The number of rotatable bonds is 7. The van der Waals surface area contributed by atoms with E-state index >= 15 is 0 Å². The molecule has 0 spiro atoms. The Morgan fingerprint density at radius 3 is 2.71 bits per heavy atom. The Morgan fingerprint density at radius 1 is 1.33 bits per heavy atom. The second-order valence-electron chi connectivity index (χ2n) is 5.75. The smallest absolute Gasteiger partial charge is 0.267 e. The maximum atomic E-state index is 12.1. The molecule has 0 aromatic heterocycles. The van der Waals surface area contributed by atoms with E-state index in [9.17, 15) is 4.79 Å². The van der Waals surface area contributed by atoms with Gasteiger partial charge in [0.1, 0.15) is 11.6 Å². The van der Waals surface area contributed by atoms with Gasteiger partial charge in [0.05, 0.1) is 13.2 Å². The van der Waals surface area contributed by atoms with Crippen LogP contribution in [-0.4, -0.2) is 50.2 Å². The minimum Gasteiger partial charge on any atom is -0.390 e. The summed E-state index contributed by atoms with van der Waals surface area (Å²) in [7, 11) is 0. The Bertz CT molecular complexity index is 598. The summed E-state index contributed by atoms with van der Waals surface area (Å²) in [4.78, 5) is 14.4. The van der Waals surface area contributed by atoms with Gasteiger partial charge in [-0.05, 0) is 32.0 Å². The summed E-state index contributed by atoms with van der Waals surface area (Å²) in [6, 6.07) is 9.39. The van der Waals surface area contributed by atoms with E-state index < -0.39 is 5.91 Å². The molecule has 0 bridgehead atoms. The van der Waals surface area contributed by atoms with Crippen molar-refractivity contribution in [3.05, 3.63) is 41.6 Å². The molecule has 1 aromatic carbocycles. The highest BCUT2D eigenvalue weighted by molar-refractivity contribution is 6.06. The number of amides is 1. The number of carbonyl (C=O) groups excluding carboxylic acids is 1. The van der Waals surface area contributed by atoms with Crippen molar-refractivity contribution in [2.75, 3.05) is 44.7 Å². The molecule has 24 heavy (non-hydrogen) atoms. The molecule has 1 aliphatic rings. The number of hydrogen-bond acceptors (Lipinski definition) is 5. The van der Waals surface area contributed by atoms with Gasteiger partial charge in [-0.15, -0.1) is 0 Å². The maximum absolute atomic E-state index is 12.1. The van der Waals surface area contributed by atoms with Crippen LogP contribution in [0.5, 0.6) is 0 Å². The molecule has 0 aliphatic carbocycles. The van der Waals surface area contributed by atoms with Gasteiger partial charge in [-0.2, -0.15) is 5.26 Å². The lowest BCUT2D eigenvalue weighted by atomic mass is 10.2. The van der Waals surface area contributed by atoms with Crippen LogP contribution < -0.4 is 10.6 Å². The van der Waals surface area contributed by atoms with Crippen LogP contribution in [0.3, 0.4) is 0 Å². The predicted molar refractivity (Wildman–Crippen MR) is 93.4 cm³/mol. The molecule has 2 rings (SSSR count). The molecule has 0 atom stereocenters. The van der Waals surface area contributed by atoms with Crippen molar-refractivity contribution in [3.63, 3.8) is 0 Å². The summed E-state index contributed by atoms with van der Waals surface area (Å²) in [5.41, 5.74) is 1.87. The van der Waals surface area contributed by atoms with Crippen LogP contribution in [0.1, 0.15) is 12.0 Å². The van der Waals surface area contributed by atoms with Crippen molar-refractivity contribution in [1.82, 2.24) is 10.2 Å². The number of carbonyl (C=O) groups is 1. The number of aryl methyl sites for hydroxylation is 1. The van der Waals surface area contributed by atoms with Crippen LogP contribution >= 0.6 is 0 Å². The van der Waals surface area contributed by atoms with Crippen molar-refractivity contribution in [1.29, 1.82) is 5.26 Å². The van der Waals surface area contributed by atoms with Gasteiger partial charge in [0.2, 0.25) is 0 Å². The first kappa shape index (κ1) is 18.0. The first-order chi connectivity index (χ1) is 11.7. The molecular formula is C18H24N4O2. The second-order valence-corrected chi connectivity index (χ2v) is 5.75. The van der Waals surface area contributed by atoms with E-state index in [1.54, 1.807) is 0 Å². The monoisotopic (exact) mass is 328 g/mol. The minimum absolute atomic E-state index is 0.0712. The van der Waals surface area contributed by atoms with Gasteiger partial charge < -0.3 is 15.4 Å². The zero-order valence-electron chi connectivity index (χ0n) is 14.0. The SMILES string of the molecule is Cc1ccc(NC(=O)/C(C#N)=C\NCCCN2CCOCC2)cc1. The van der Waals surface area contributed by atoms with E-state index in [-0.39, 0.29) is 5.57 Å². The van der Waals surface area contributed by atoms with Gasteiger partial charge in [-0.25, -0.2) is 0 Å². The zero-order valence-corrected chi connectivity index (χ0v) is 14.0. The summed E-state index contributed by atoms with van der Waals surface area (Å²) < 4.78 is 5.31. The number of nitrogens with zero attached hydrogens (tertiary/aromatic N) is 2. The van der Waals surface area contributed by atoms with E-state index in [4.69, 9.17) is 10.00 Å². The molecule has 2 N–H and O–H groups in total. The fraction of sp³-hybridized carbons (Fsp3) is 0.444. The molecule has 6 nitrogen and oxygen atoms in total. The van der Waals surface area contributed by atoms with Crippen molar-refractivity contribution >= 4 is 11.6 Å². The van der Waals surface area contributed by atoms with Crippen LogP contribution in [0.25, 0.3) is 0 Å². The molecule has 0 saturated carbocycles. The van der Waals surface area contributed by atoms with Crippen LogP contribution in [0, 0.1) is 18.3 Å². The summed E-state index contributed by atoms with van der Waals surface area (Å²) in [6.07, 6.45) is 2.44. The lowest BCUT2D eigenvalue weighted by Gasteiger charge is -2.26. The number of benzene rings is 1. The van der Waals surface area contributed by atoms with Crippen LogP contribution in [0.15, 0.2) is 36.0 Å². The zero-order chi connectivity index (χ0) is 17.2. The average molecular weight is 328 g/mol. The maximum Gasteiger partial charge on any atom is 0.267 e. The van der Waals surface area contributed by atoms with Crippen molar-refractivity contribution < 1.29 is 9.53 Å². The van der Waals surface area contributed by atoms with E-state index in [0.29, 0.717) is 5.69 Å². The van der Waals surface area contributed by atoms with Gasteiger partial charge in [-0.3, -0.25) is 9.69 Å². The third-order valence-electron chi connectivity index (χ3n) is 3.82. The van der Waals surface area contributed by atoms with E-state index in [1.807, 2.05) is 37.3 Å². The standard InChI is InChI=1S/C18H24N4O2/c1-15-3-5-17(6-4-15)21-18(23)16(13-19)14-20-7-2-8-22-9-11-24-12-10-22/h3-6,14,20H,2,7-12H2,1H3,(H,21,23)/b16-14-. The molecule has 6 heteroatoms. The number of morpholine rings is 1. The predicted octanol–water partition coefficient (Wildman–Crippen LogP) is 1.65. The molecule has 128 valence electrons. The van der Waals surface area contributed by atoms with Gasteiger partial charge in [-0.1, -0.05) is 17.7 Å². The fourth-order valence-corrected chi connectivity index (χ4v) is 2.39. The molecule has 1 heterocycles. The van der Waals surface area contributed by atoms with E-state index in [0.717, 1.165) is 51.4 Å². The van der Waals surface area contributed by atoms with Gasteiger partial charge in [0.15, 0.2) is 0 Å². The lowest BCUT2D eigenvalue weighted by molar-refractivity contribution is -0.112. The summed E-state index contributed by atoms with van der Waals surface area (Å²) in [6.45, 7) is 7.22. The first-order valence-electron chi connectivity index (χ1n) is 8.21. The molecule has 0 unspecified atom stereocenters. The van der Waals surface area contributed by atoms with Crippen molar-refractivity contribution in [2.45, 2.75) is 13.3 Å². The van der Waals surface area contributed by atoms with E-state index in [2.05, 4.69) is 15.5 Å². The molecular weight excluding hydrogens is 304 g/mol. The molecule has 1 amide bonds. The Labute approximate surface area is 143 Å². The first-order valence-corrected chi connectivity index (χ1v) is 8.21. The Morgan fingerprint density at radius 2 is 2.04 bits per heavy atom. The molecule has 0 radical (unpaired) electrons. The summed E-state index contributed by atoms with van der Waals surface area (Å²) in [5, 5.41) is 14.9. The van der Waals surface area contributed by atoms with Crippen LogP contribution in [-0.2, 0) is 9.53 Å². The number of nitrogens with one attached hydrogen (secondary N) is 2. The van der Waals surface area contributed by atoms with Crippen molar-refractivity contribution in [2.24, 2.45) is 0 Å². The third-order valence-corrected chi connectivity index (χ3v) is 3.82. The topological polar surface area (TPSA) is 77.4 Å². The van der Waals surface area contributed by atoms with Gasteiger partial charge in [0, 0.05) is 31.5 Å². The molecule has 1 fully saturated rings. The number of nitriles is 1. The van der Waals surface area contributed by atoms with Crippen LogP contribution in [0.4, 0.5) is 5.69 Å². The number of ether oxygens (including phenoxy) is 1. The largest absolute Gasteiger partial charge is 0.390 e. The second kappa shape index (κ2) is 9.71. The highest BCUT2D eigenvalue weighted by atomic mass is 16.5. The normalized spacial score (nSPS) is 15.6. The molecule has 1 saturated heterocycles. The van der Waals surface area contributed by atoms with E-state index in [1.165, 1.54) is 6.20 Å². The Hall–Kier alpha value is -2.36. The quantitative estimate of drug-likeness (QED) is 0.452. The van der Waals surface area contributed by atoms with Gasteiger partial charge >= 0.3 is 0 Å². The third kappa shape index (κ3) is 6.03. The number of hydrogen-bond donors (Lipinski definition) is 2. The molecule has 1 aromatic rings. The lowest BCUT2D eigenvalue weighted by Crippen LogP contribution is -2.37.